The van der Waals surface area contributed by atoms with Crippen LogP contribution in [0.25, 0.3) is 0 Å². The number of thiazole rings is 1. The van der Waals surface area contributed by atoms with Crippen LogP contribution in [0, 0.1) is 6.92 Å². The Hall–Kier alpha value is -1.06. The van der Waals surface area contributed by atoms with E-state index in [1.54, 1.807) is 11.3 Å². The third-order valence-electron chi connectivity index (χ3n) is 2.23. The van der Waals surface area contributed by atoms with Gasteiger partial charge in [-0.1, -0.05) is 29.8 Å². The van der Waals surface area contributed by atoms with E-state index in [2.05, 4.69) is 24.0 Å². The minimum absolute atomic E-state index is 0.551. The van der Waals surface area contributed by atoms with Gasteiger partial charge in [-0.3, -0.25) is 0 Å². The lowest BCUT2D eigenvalue weighted by Gasteiger charge is -2.17. The highest BCUT2D eigenvalue weighted by atomic mass is 35.5. The third kappa shape index (κ3) is 2.13. The molecule has 0 saturated heterocycles. The smallest absolute Gasteiger partial charge is 0.191 e. The zero-order chi connectivity index (χ0) is 10.8. The lowest BCUT2D eigenvalue weighted by molar-refractivity contribution is 1.15. The number of hydrogen-bond acceptors (Lipinski definition) is 3. The maximum atomic E-state index is 5.80. The van der Waals surface area contributed by atoms with E-state index in [0.29, 0.717) is 5.15 Å². The summed E-state index contributed by atoms with van der Waals surface area (Å²) in [6.45, 7) is 2.08. The Morgan fingerprint density at radius 1 is 1.33 bits per heavy atom. The number of para-hydroxylation sites is 1. The van der Waals surface area contributed by atoms with Gasteiger partial charge >= 0.3 is 0 Å². The predicted molar refractivity (Wildman–Crippen MR) is 66.4 cm³/mol. The zero-order valence-corrected chi connectivity index (χ0v) is 10.1. The SMILES string of the molecule is Cc1ccccc1N(C)c1nc(Cl)cs1. The van der Waals surface area contributed by atoms with E-state index in [0.717, 1.165) is 10.8 Å². The summed E-state index contributed by atoms with van der Waals surface area (Å²) >= 11 is 7.35. The molecule has 0 bridgehead atoms. The number of aryl methyl sites for hydroxylation is 1. The molecule has 0 N–H and O–H groups in total. The molecule has 0 aliphatic heterocycles. The molecule has 0 spiro atoms. The van der Waals surface area contributed by atoms with E-state index in [-0.39, 0.29) is 0 Å². The van der Waals surface area contributed by atoms with Crippen molar-refractivity contribution in [2.24, 2.45) is 0 Å². The van der Waals surface area contributed by atoms with Crippen molar-refractivity contribution in [1.82, 2.24) is 4.98 Å². The van der Waals surface area contributed by atoms with Crippen LogP contribution in [0.3, 0.4) is 0 Å². The molecule has 1 heterocycles. The van der Waals surface area contributed by atoms with Gasteiger partial charge in [0.25, 0.3) is 0 Å². The summed E-state index contributed by atoms with van der Waals surface area (Å²) in [4.78, 5) is 6.29. The number of aromatic nitrogens is 1. The molecule has 4 heteroatoms. The van der Waals surface area contributed by atoms with Crippen molar-refractivity contribution < 1.29 is 0 Å². The van der Waals surface area contributed by atoms with Crippen molar-refractivity contribution >= 4 is 33.8 Å². The van der Waals surface area contributed by atoms with Gasteiger partial charge in [-0.25, -0.2) is 4.98 Å². The maximum absolute atomic E-state index is 5.80. The largest absolute Gasteiger partial charge is 0.321 e. The number of rotatable bonds is 2. The fourth-order valence-electron chi connectivity index (χ4n) is 1.44. The quantitative estimate of drug-likeness (QED) is 0.790. The Bertz CT molecular complexity index is 467. The van der Waals surface area contributed by atoms with Crippen LogP contribution < -0.4 is 4.90 Å². The fourth-order valence-corrected chi connectivity index (χ4v) is 2.37. The normalized spacial score (nSPS) is 10.3. The second-order valence-electron chi connectivity index (χ2n) is 3.30. The predicted octanol–water partition coefficient (Wildman–Crippen LogP) is 3.87. The van der Waals surface area contributed by atoms with Gasteiger partial charge in [0.05, 0.1) is 0 Å². The minimum Gasteiger partial charge on any atom is -0.321 e. The summed E-state index contributed by atoms with van der Waals surface area (Å²) in [6.07, 6.45) is 0. The Balaban J connectivity index is 2.36. The van der Waals surface area contributed by atoms with Crippen LogP contribution in [0.2, 0.25) is 5.15 Å². The molecule has 0 radical (unpaired) electrons. The lowest BCUT2D eigenvalue weighted by atomic mass is 10.2. The minimum atomic E-state index is 0.551. The molecule has 0 unspecified atom stereocenters. The summed E-state index contributed by atoms with van der Waals surface area (Å²) in [5, 5.41) is 3.30. The van der Waals surface area contributed by atoms with Crippen molar-refractivity contribution in [2.75, 3.05) is 11.9 Å². The topological polar surface area (TPSA) is 16.1 Å². The van der Waals surface area contributed by atoms with Gasteiger partial charge in [0, 0.05) is 18.1 Å². The van der Waals surface area contributed by atoms with Gasteiger partial charge in [0.15, 0.2) is 5.13 Å². The van der Waals surface area contributed by atoms with Gasteiger partial charge in [-0.2, -0.15) is 0 Å². The molecule has 1 aromatic heterocycles. The average Bonchev–Trinajstić information content (AvgIpc) is 2.65. The van der Waals surface area contributed by atoms with E-state index < -0.39 is 0 Å². The van der Waals surface area contributed by atoms with Crippen molar-refractivity contribution in [2.45, 2.75) is 6.92 Å². The van der Waals surface area contributed by atoms with E-state index in [1.165, 1.54) is 5.56 Å². The Labute approximate surface area is 98.1 Å². The molecule has 15 heavy (non-hydrogen) atoms. The fraction of sp³-hybridized carbons (Fsp3) is 0.182. The highest BCUT2D eigenvalue weighted by Crippen LogP contribution is 2.30. The van der Waals surface area contributed by atoms with Gasteiger partial charge in [0.2, 0.25) is 0 Å². The molecule has 0 saturated carbocycles. The monoisotopic (exact) mass is 238 g/mol. The molecule has 0 aliphatic carbocycles. The van der Waals surface area contributed by atoms with Crippen LogP contribution in [0.1, 0.15) is 5.56 Å². The van der Waals surface area contributed by atoms with Crippen molar-refractivity contribution in [3.8, 4) is 0 Å². The summed E-state index contributed by atoms with van der Waals surface area (Å²) in [6, 6.07) is 8.21. The first kappa shape index (κ1) is 10.5. The van der Waals surface area contributed by atoms with Crippen LogP contribution in [0.5, 0.6) is 0 Å². The first-order valence-electron chi connectivity index (χ1n) is 4.59. The average molecular weight is 239 g/mol. The van der Waals surface area contributed by atoms with E-state index in [4.69, 9.17) is 11.6 Å². The molecule has 78 valence electrons. The van der Waals surface area contributed by atoms with Crippen LogP contribution in [0.4, 0.5) is 10.8 Å². The van der Waals surface area contributed by atoms with Gasteiger partial charge in [-0.05, 0) is 18.6 Å². The molecular formula is C11H11ClN2S. The van der Waals surface area contributed by atoms with Crippen LogP contribution in [0.15, 0.2) is 29.6 Å². The molecule has 0 amide bonds. The van der Waals surface area contributed by atoms with E-state index in [9.17, 15) is 0 Å². The molecule has 1 aromatic carbocycles. The highest BCUT2D eigenvalue weighted by molar-refractivity contribution is 7.14. The lowest BCUT2D eigenvalue weighted by Crippen LogP contribution is -2.10. The summed E-state index contributed by atoms with van der Waals surface area (Å²) < 4.78 is 0. The molecular weight excluding hydrogens is 228 g/mol. The first-order valence-corrected chi connectivity index (χ1v) is 5.84. The Morgan fingerprint density at radius 3 is 2.67 bits per heavy atom. The summed E-state index contributed by atoms with van der Waals surface area (Å²) in [7, 11) is 2.00. The van der Waals surface area contributed by atoms with Gasteiger partial charge in [-0.15, -0.1) is 11.3 Å². The molecule has 0 aliphatic rings. The van der Waals surface area contributed by atoms with Gasteiger partial charge in [0.1, 0.15) is 5.15 Å². The highest BCUT2D eigenvalue weighted by Gasteiger charge is 2.09. The molecule has 0 fully saturated rings. The first-order chi connectivity index (χ1) is 7.18. The standard InChI is InChI=1S/C11H11ClN2S/c1-8-5-3-4-6-9(8)14(2)11-13-10(12)7-15-11/h3-7H,1-2H3. The van der Waals surface area contributed by atoms with Crippen molar-refractivity contribution in [1.29, 1.82) is 0 Å². The Morgan fingerprint density at radius 2 is 2.07 bits per heavy atom. The third-order valence-corrected chi connectivity index (χ3v) is 3.47. The molecule has 0 atom stereocenters. The number of anilines is 2. The van der Waals surface area contributed by atoms with Crippen LogP contribution in [-0.2, 0) is 0 Å². The number of nitrogens with zero attached hydrogens (tertiary/aromatic N) is 2. The van der Waals surface area contributed by atoms with Crippen molar-refractivity contribution in [3.63, 3.8) is 0 Å². The van der Waals surface area contributed by atoms with Crippen LogP contribution >= 0.6 is 22.9 Å². The summed E-state index contributed by atoms with van der Waals surface area (Å²) in [5.74, 6) is 0. The second kappa shape index (κ2) is 4.21. The van der Waals surface area contributed by atoms with Crippen LogP contribution in [-0.4, -0.2) is 12.0 Å². The molecule has 2 nitrogen and oxygen atoms in total. The second-order valence-corrected chi connectivity index (χ2v) is 4.52. The number of benzene rings is 1. The zero-order valence-electron chi connectivity index (χ0n) is 8.57. The molecule has 2 aromatic rings. The molecule has 2 rings (SSSR count). The number of halogens is 1. The van der Waals surface area contributed by atoms with Crippen molar-refractivity contribution in [3.05, 3.63) is 40.4 Å². The van der Waals surface area contributed by atoms with E-state index >= 15 is 0 Å². The summed E-state index contributed by atoms with van der Waals surface area (Å²) in [5.41, 5.74) is 2.38. The number of hydrogen-bond donors (Lipinski definition) is 0. The maximum Gasteiger partial charge on any atom is 0.191 e. The van der Waals surface area contributed by atoms with Gasteiger partial charge < -0.3 is 4.90 Å². The van der Waals surface area contributed by atoms with E-state index in [1.807, 2.05) is 29.5 Å². The Kier molecular flexibility index (Phi) is 2.93.